The summed E-state index contributed by atoms with van der Waals surface area (Å²) in [6.07, 6.45) is 0. The first-order valence-corrected chi connectivity index (χ1v) is 5.87. The van der Waals surface area contributed by atoms with Crippen LogP contribution in [-0.2, 0) is 0 Å². The van der Waals surface area contributed by atoms with Crippen LogP contribution < -0.4 is 15.8 Å². The molecule has 0 radical (unpaired) electrons. The van der Waals surface area contributed by atoms with Gasteiger partial charge in [-0.25, -0.2) is 0 Å². The van der Waals surface area contributed by atoms with E-state index in [1.165, 1.54) is 0 Å². The summed E-state index contributed by atoms with van der Waals surface area (Å²) in [4.78, 5) is 0. The van der Waals surface area contributed by atoms with Gasteiger partial charge in [0.2, 0.25) is 0 Å². The second kappa shape index (κ2) is 5.04. The minimum absolute atomic E-state index is 0.0492. The van der Waals surface area contributed by atoms with Gasteiger partial charge in [0, 0.05) is 0 Å². The molecule has 4 heteroatoms. The molecule has 1 aromatic carbocycles. The number of methoxy groups -OCH3 is 1. The molecule has 0 saturated carbocycles. The lowest BCUT2D eigenvalue weighted by atomic mass is 10.2. The largest absolute Gasteiger partial charge is 0.495 e. The molecule has 1 atom stereocenters. The van der Waals surface area contributed by atoms with Crippen LogP contribution in [0.2, 0.25) is 0 Å². The maximum atomic E-state index is 6.01. The fraction of sp³-hybridized carbons (Fsp3) is 0.286. The monoisotopic (exact) mass is 246 g/mol. The molecular formula is C14H18N2O2. The van der Waals surface area contributed by atoms with Crippen molar-refractivity contribution in [1.29, 1.82) is 0 Å². The molecule has 0 bridgehead atoms. The van der Waals surface area contributed by atoms with Crippen molar-refractivity contribution in [2.75, 3.05) is 18.2 Å². The third kappa shape index (κ3) is 2.42. The molecule has 1 heterocycles. The summed E-state index contributed by atoms with van der Waals surface area (Å²) in [5.74, 6) is 2.45. The molecule has 2 aromatic rings. The number of benzene rings is 1. The lowest BCUT2D eigenvalue weighted by Crippen LogP contribution is -2.08. The average molecular weight is 246 g/mol. The molecule has 0 amide bonds. The normalized spacial score (nSPS) is 12.2. The Labute approximate surface area is 107 Å². The predicted molar refractivity (Wildman–Crippen MR) is 72.9 cm³/mol. The van der Waals surface area contributed by atoms with E-state index in [-0.39, 0.29) is 6.04 Å². The van der Waals surface area contributed by atoms with E-state index in [1.54, 1.807) is 7.11 Å². The number of furan rings is 1. The smallest absolute Gasteiger partial charge is 0.143 e. The van der Waals surface area contributed by atoms with Crippen molar-refractivity contribution in [2.24, 2.45) is 0 Å². The maximum absolute atomic E-state index is 6.01. The fourth-order valence-corrected chi connectivity index (χ4v) is 1.84. The van der Waals surface area contributed by atoms with E-state index >= 15 is 0 Å². The van der Waals surface area contributed by atoms with Crippen LogP contribution in [0.3, 0.4) is 0 Å². The van der Waals surface area contributed by atoms with Crippen LogP contribution in [-0.4, -0.2) is 7.11 Å². The summed E-state index contributed by atoms with van der Waals surface area (Å²) in [7, 11) is 1.61. The number of aryl methyl sites for hydroxylation is 1. The van der Waals surface area contributed by atoms with E-state index in [9.17, 15) is 0 Å². The molecule has 1 unspecified atom stereocenters. The van der Waals surface area contributed by atoms with Crippen LogP contribution in [0.1, 0.15) is 24.5 Å². The summed E-state index contributed by atoms with van der Waals surface area (Å²) in [6.45, 7) is 3.95. The van der Waals surface area contributed by atoms with Crippen LogP contribution in [0, 0.1) is 6.92 Å². The maximum Gasteiger partial charge on any atom is 0.143 e. The number of anilines is 2. The van der Waals surface area contributed by atoms with Gasteiger partial charge < -0.3 is 20.2 Å². The molecule has 2 rings (SSSR count). The number of hydrogen-bond donors (Lipinski definition) is 2. The van der Waals surface area contributed by atoms with Gasteiger partial charge >= 0.3 is 0 Å². The average Bonchev–Trinajstić information content (AvgIpc) is 2.78. The highest BCUT2D eigenvalue weighted by molar-refractivity contribution is 5.73. The van der Waals surface area contributed by atoms with Crippen molar-refractivity contribution in [3.63, 3.8) is 0 Å². The molecule has 3 N–H and O–H groups in total. The van der Waals surface area contributed by atoms with Gasteiger partial charge in [-0.1, -0.05) is 6.07 Å². The molecule has 0 spiro atoms. The summed E-state index contributed by atoms with van der Waals surface area (Å²) in [5, 5.41) is 3.32. The first-order valence-electron chi connectivity index (χ1n) is 5.87. The summed E-state index contributed by atoms with van der Waals surface area (Å²) < 4.78 is 10.8. The van der Waals surface area contributed by atoms with Crippen molar-refractivity contribution in [3.8, 4) is 5.75 Å². The van der Waals surface area contributed by atoms with Gasteiger partial charge in [0.15, 0.2) is 0 Å². The van der Waals surface area contributed by atoms with E-state index in [2.05, 4.69) is 5.32 Å². The van der Waals surface area contributed by atoms with Crippen LogP contribution in [0.5, 0.6) is 5.75 Å². The molecule has 0 aliphatic carbocycles. The Bertz CT molecular complexity index is 534. The van der Waals surface area contributed by atoms with Gasteiger partial charge in [0.05, 0.1) is 24.5 Å². The number of hydrogen-bond acceptors (Lipinski definition) is 4. The molecule has 1 aromatic heterocycles. The minimum Gasteiger partial charge on any atom is -0.495 e. The van der Waals surface area contributed by atoms with E-state index in [0.717, 1.165) is 17.2 Å². The molecule has 18 heavy (non-hydrogen) atoms. The highest BCUT2D eigenvalue weighted by Crippen LogP contribution is 2.31. The molecular weight excluding hydrogens is 228 g/mol. The molecule has 96 valence electrons. The van der Waals surface area contributed by atoms with Crippen molar-refractivity contribution < 1.29 is 9.15 Å². The Morgan fingerprint density at radius 1 is 1.28 bits per heavy atom. The number of nitrogen functional groups attached to an aromatic ring is 1. The van der Waals surface area contributed by atoms with E-state index in [0.29, 0.717) is 11.4 Å². The zero-order chi connectivity index (χ0) is 13.1. The zero-order valence-corrected chi connectivity index (χ0v) is 10.9. The van der Waals surface area contributed by atoms with Gasteiger partial charge in [-0.3, -0.25) is 0 Å². The number of ether oxygens (including phenoxy) is 1. The molecule has 0 aliphatic heterocycles. The van der Waals surface area contributed by atoms with Gasteiger partial charge in [-0.2, -0.15) is 0 Å². The fourth-order valence-electron chi connectivity index (χ4n) is 1.84. The van der Waals surface area contributed by atoms with Crippen LogP contribution >= 0.6 is 0 Å². The predicted octanol–water partition coefficient (Wildman–Crippen LogP) is 3.35. The molecule has 0 fully saturated rings. The highest BCUT2D eigenvalue weighted by Gasteiger charge is 2.12. The minimum atomic E-state index is 0.0492. The molecule has 4 nitrogen and oxygen atoms in total. The first kappa shape index (κ1) is 12.4. The summed E-state index contributed by atoms with van der Waals surface area (Å²) >= 11 is 0. The van der Waals surface area contributed by atoms with Crippen molar-refractivity contribution in [2.45, 2.75) is 19.9 Å². The topological polar surface area (TPSA) is 60.4 Å². The number of rotatable bonds is 4. The standard InChI is InChI=1S/C14H18N2O2/c1-9-7-8-12(18-9)10(2)16-11-5-4-6-13(17-3)14(11)15/h4-8,10,16H,15H2,1-3H3. The van der Waals surface area contributed by atoms with Crippen LogP contribution in [0.15, 0.2) is 34.7 Å². The lowest BCUT2D eigenvalue weighted by Gasteiger charge is -2.16. The van der Waals surface area contributed by atoms with Crippen molar-refractivity contribution >= 4 is 11.4 Å². The Balaban J connectivity index is 2.19. The molecule has 0 aliphatic rings. The van der Waals surface area contributed by atoms with E-state index in [4.69, 9.17) is 14.9 Å². The summed E-state index contributed by atoms with van der Waals surface area (Å²) in [6, 6.07) is 9.61. The SMILES string of the molecule is COc1cccc(NC(C)c2ccc(C)o2)c1N. The van der Waals surface area contributed by atoms with Crippen molar-refractivity contribution in [3.05, 3.63) is 41.9 Å². The second-order valence-electron chi connectivity index (χ2n) is 4.24. The quantitative estimate of drug-likeness (QED) is 0.812. The first-order chi connectivity index (χ1) is 8.61. The Kier molecular flexibility index (Phi) is 3.46. The zero-order valence-electron chi connectivity index (χ0n) is 10.9. The Hall–Kier alpha value is -2.10. The third-order valence-electron chi connectivity index (χ3n) is 2.85. The van der Waals surface area contributed by atoms with Gasteiger partial charge in [-0.15, -0.1) is 0 Å². The van der Waals surface area contributed by atoms with Gasteiger partial charge in [-0.05, 0) is 38.1 Å². The molecule has 0 saturated heterocycles. The van der Waals surface area contributed by atoms with Crippen LogP contribution in [0.25, 0.3) is 0 Å². The number of para-hydroxylation sites is 1. The van der Waals surface area contributed by atoms with E-state index < -0.39 is 0 Å². The number of nitrogens with one attached hydrogen (secondary N) is 1. The van der Waals surface area contributed by atoms with Gasteiger partial charge in [0.25, 0.3) is 0 Å². The van der Waals surface area contributed by atoms with Crippen LogP contribution in [0.4, 0.5) is 11.4 Å². The van der Waals surface area contributed by atoms with E-state index in [1.807, 2.05) is 44.2 Å². The lowest BCUT2D eigenvalue weighted by molar-refractivity contribution is 0.417. The van der Waals surface area contributed by atoms with Crippen molar-refractivity contribution in [1.82, 2.24) is 0 Å². The third-order valence-corrected chi connectivity index (χ3v) is 2.85. The highest BCUT2D eigenvalue weighted by atomic mass is 16.5. The van der Waals surface area contributed by atoms with Gasteiger partial charge in [0.1, 0.15) is 17.3 Å². The Morgan fingerprint density at radius 3 is 2.67 bits per heavy atom. The number of nitrogens with two attached hydrogens (primary N) is 1. The summed E-state index contributed by atoms with van der Waals surface area (Å²) in [5.41, 5.74) is 7.46. The second-order valence-corrected chi connectivity index (χ2v) is 4.24. The Morgan fingerprint density at radius 2 is 2.06 bits per heavy atom.